The molecule has 1 aliphatic heterocycles. The van der Waals surface area contributed by atoms with Crippen LogP contribution >= 0.6 is 0 Å². The zero-order valence-corrected chi connectivity index (χ0v) is 7.04. The Labute approximate surface area is 62.8 Å². The molecule has 0 aromatic heterocycles. The van der Waals surface area contributed by atoms with Gasteiger partial charge in [-0.2, -0.15) is 0 Å². The first-order valence-electron chi connectivity index (χ1n) is 3.99. The zero-order chi connectivity index (χ0) is 7.72. The van der Waals surface area contributed by atoms with E-state index in [0.717, 1.165) is 13.0 Å². The third-order valence-corrected chi connectivity index (χ3v) is 2.66. The van der Waals surface area contributed by atoms with Gasteiger partial charge in [-0.3, -0.25) is 0 Å². The predicted octanol–water partition coefficient (Wildman–Crippen LogP) is 0.707. The van der Waals surface area contributed by atoms with Crippen LogP contribution in [-0.2, 0) is 0 Å². The molecule has 0 amide bonds. The molecule has 60 valence electrons. The molecule has 0 aromatic rings. The summed E-state index contributed by atoms with van der Waals surface area (Å²) < 4.78 is 0. The molecule has 1 saturated heterocycles. The van der Waals surface area contributed by atoms with E-state index in [1.54, 1.807) is 0 Å². The van der Waals surface area contributed by atoms with Crippen LogP contribution in [-0.4, -0.2) is 35.7 Å². The average molecular weight is 143 g/mol. The van der Waals surface area contributed by atoms with Gasteiger partial charge in [0, 0.05) is 12.6 Å². The van der Waals surface area contributed by atoms with E-state index in [4.69, 9.17) is 0 Å². The lowest BCUT2D eigenvalue weighted by molar-refractivity contribution is 0.0252. The van der Waals surface area contributed by atoms with Crippen molar-refractivity contribution in [2.24, 2.45) is 5.92 Å². The average Bonchev–Trinajstić information content (AvgIpc) is 1.82. The van der Waals surface area contributed by atoms with Crippen LogP contribution in [0, 0.1) is 5.92 Å². The van der Waals surface area contributed by atoms with Crippen molar-refractivity contribution in [3.63, 3.8) is 0 Å². The fourth-order valence-electron chi connectivity index (χ4n) is 1.63. The largest absolute Gasteiger partial charge is 0.392 e. The van der Waals surface area contributed by atoms with Crippen LogP contribution in [0.2, 0.25) is 0 Å². The highest BCUT2D eigenvalue weighted by Gasteiger charge is 2.26. The maximum Gasteiger partial charge on any atom is 0.0670 e. The number of rotatable bonds is 0. The normalized spacial score (nSPS) is 43.8. The minimum absolute atomic E-state index is 0.101. The topological polar surface area (TPSA) is 23.5 Å². The summed E-state index contributed by atoms with van der Waals surface area (Å²) in [5, 5.41) is 9.33. The van der Waals surface area contributed by atoms with Crippen molar-refractivity contribution in [1.82, 2.24) is 4.90 Å². The molecule has 1 rings (SSSR count). The first-order chi connectivity index (χ1) is 4.61. The van der Waals surface area contributed by atoms with Crippen molar-refractivity contribution in [3.05, 3.63) is 0 Å². The molecule has 2 nitrogen and oxygen atoms in total. The summed E-state index contributed by atoms with van der Waals surface area (Å²) in [7, 11) is 2.07. The number of hydrogen-bond acceptors (Lipinski definition) is 2. The summed E-state index contributed by atoms with van der Waals surface area (Å²) in [5.41, 5.74) is 0. The fourth-order valence-corrected chi connectivity index (χ4v) is 1.63. The Morgan fingerprint density at radius 2 is 2.00 bits per heavy atom. The van der Waals surface area contributed by atoms with Crippen LogP contribution in [0.25, 0.3) is 0 Å². The van der Waals surface area contributed by atoms with E-state index < -0.39 is 0 Å². The third-order valence-electron chi connectivity index (χ3n) is 2.66. The molecule has 0 unspecified atom stereocenters. The molecule has 10 heavy (non-hydrogen) atoms. The lowest BCUT2D eigenvalue weighted by Gasteiger charge is -2.37. The fraction of sp³-hybridized carbons (Fsp3) is 1.00. The molecule has 0 aliphatic carbocycles. The van der Waals surface area contributed by atoms with E-state index >= 15 is 0 Å². The Hall–Kier alpha value is -0.0800. The standard InChI is InChI=1S/C8H17NO/c1-6-4-8(10)5-9(3)7(6)2/h6-8,10H,4-5H2,1-3H3/t6-,7+,8+/m0/s1. The highest BCUT2D eigenvalue weighted by atomic mass is 16.3. The molecule has 1 aliphatic rings. The number of hydrogen-bond donors (Lipinski definition) is 1. The summed E-state index contributed by atoms with van der Waals surface area (Å²) >= 11 is 0. The van der Waals surface area contributed by atoms with Gasteiger partial charge in [-0.1, -0.05) is 6.92 Å². The summed E-state index contributed by atoms with van der Waals surface area (Å²) in [6, 6.07) is 0.628. The minimum Gasteiger partial charge on any atom is -0.392 e. The van der Waals surface area contributed by atoms with E-state index in [2.05, 4.69) is 25.8 Å². The lowest BCUT2D eigenvalue weighted by Crippen LogP contribution is -2.46. The van der Waals surface area contributed by atoms with Crippen LogP contribution in [0.1, 0.15) is 20.3 Å². The van der Waals surface area contributed by atoms with Crippen LogP contribution in [0.4, 0.5) is 0 Å². The Morgan fingerprint density at radius 3 is 2.50 bits per heavy atom. The van der Waals surface area contributed by atoms with Crippen molar-refractivity contribution in [2.45, 2.75) is 32.4 Å². The molecular weight excluding hydrogens is 126 g/mol. The summed E-state index contributed by atoms with van der Waals surface area (Å²) in [6.07, 6.45) is 0.863. The van der Waals surface area contributed by atoms with Crippen LogP contribution in [0.3, 0.4) is 0 Å². The molecule has 0 aromatic carbocycles. The molecule has 3 atom stereocenters. The molecule has 0 spiro atoms. The minimum atomic E-state index is -0.101. The van der Waals surface area contributed by atoms with Crippen molar-refractivity contribution < 1.29 is 5.11 Å². The number of aliphatic hydroxyl groups is 1. The van der Waals surface area contributed by atoms with Crippen molar-refractivity contribution in [3.8, 4) is 0 Å². The van der Waals surface area contributed by atoms with Gasteiger partial charge in [0.2, 0.25) is 0 Å². The Balaban J connectivity index is 2.49. The number of β-amino-alcohol motifs (C(OH)–C–C–N with tert-alkyl or cyclic N) is 1. The quantitative estimate of drug-likeness (QED) is 0.540. The summed E-state index contributed by atoms with van der Waals surface area (Å²) in [4.78, 5) is 2.22. The Kier molecular flexibility index (Phi) is 2.32. The number of aliphatic hydroxyl groups excluding tert-OH is 1. The molecule has 1 heterocycles. The van der Waals surface area contributed by atoms with E-state index in [0.29, 0.717) is 12.0 Å². The first-order valence-corrected chi connectivity index (χ1v) is 3.99. The molecule has 0 radical (unpaired) electrons. The maximum atomic E-state index is 9.33. The second-order valence-electron chi connectivity index (χ2n) is 3.55. The first kappa shape index (κ1) is 8.02. The maximum absolute atomic E-state index is 9.33. The zero-order valence-electron chi connectivity index (χ0n) is 7.04. The van der Waals surface area contributed by atoms with Gasteiger partial charge in [-0.15, -0.1) is 0 Å². The molecule has 1 fully saturated rings. The number of likely N-dealkylation sites (tertiary alicyclic amines) is 1. The van der Waals surface area contributed by atoms with Gasteiger partial charge in [0.05, 0.1) is 6.10 Å². The monoisotopic (exact) mass is 143 g/mol. The molecule has 2 heteroatoms. The van der Waals surface area contributed by atoms with E-state index in [-0.39, 0.29) is 6.10 Å². The SMILES string of the molecule is C[C@@H]1[C@@H](C)C[C@@H](O)CN1C. The Bertz CT molecular complexity index is 104. The van der Waals surface area contributed by atoms with Gasteiger partial charge < -0.3 is 10.0 Å². The molecule has 0 saturated carbocycles. The van der Waals surface area contributed by atoms with Gasteiger partial charge >= 0.3 is 0 Å². The number of nitrogens with zero attached hydrogens (tertiary/aromatic N) is 1. The lowest BCUT2D eigenvalue weighted by atomic mass is 9.91. The van der Waals surface area contributed by atoms with Crippen LogP contribution in [0.5, 0.6) is 0 Å². The van der Waals surface area contributed by atoms with Crippen LogP contribution in [0.15, 0.2) is 0 Å². The van der Waals surface area contributed by atoms with Crippen LogP contribution < -0.4 is 0 Å². The summed E-state index contributed by atoms with van der Waals surface area (Å²) in [6.45, 7) is 5.26. The molecule has 1 N–H and O–H groups in total. The smallest absolute Gasteiger partial charge is 0.0670 e. The highest BCUT2D eigenvalue weighted by Crippen LogP contribution is 2.21. The van der Waals surface area contributed by atoms with Gasteiger partial charge in [0.15, 0.2) is 0 Å². The predicted molar refractivity (Wildman–Crippen MR) is 41.9 cm³/mol. The Morgan fingerprint density at radius 1 is 1.40 bits per heavy atom. The van der Waals surface area contributed by atoms with Gasteiger partial charge in [-0.25, -0.2) is 0 Å². The van der Waals surface area contributed by atoms with E-state index in [1.807, 2.05) is 0 Å². The van der Waals surface area contributed by atoms with E-state index in [1.165, 1.54) is 0 Å². The number of piperidine rings is 1. The highest BCUT2D eigenvalue weighted by molar-refractivity contribution is 4.80. The molecule has 0 bridgehead atoms. The van der Waals surface area contributed by atoms with Crippen molar-refractivity contribution >= 4 is 0 Å². The van der Waals surface area contributed by atoms with E-state index in [9.17, 15) is 5.11 Å². The van der Waals surface area contributed by atoms with Gasteiger partial charge in [0.1, 0.15) is 0 Å². The van der Waals surface area contributed by atoms with Crippen molar-refractivity contribution in [2.75, 3.05) is 13.6 Å². The third kappa shape index (κ3) is 1.50. The molecular formula is C8H17NO. The van der Waals surface area contributed by atoms with Crippen molar-refractivity contribution in [1.29, 1.82) is 0 Å². The second-order valence-corrected chi connectivity index (χ2v) is 3.55. The summed E-state index contributed by atoms with van der Waals surface area (Å²) in [5.74, 6) is 0.633. The van der Waals surface area contributed by atoms with Gasteiger partial charge in [0.25, 0.3) is 0 Å². The number of likely N-dealkylation sites (N-methyl/N-ethyl adjacent to an activating group) is 1. The van der Waals surface area contributed by atoms with Gasteiger partial charge in [-0.05, 0) is 26.3 Å². The second kappa shape index (κ2) is 2.89.